The van der Waals surface area contributed by atoms with Gasteiger partial charge < -0.3 is 10.2 Å². The number of nitrogens with zero attached hydrogens (tertiary/aromatic N) is 2. The molecule has 1 atom stereocenters. The third-order valence-electron chi connectivity index (χ3n) is 6.20. The molecule has 7 nitrogen and oxygen atoms in total. The Bertz CT molecular complexity index is 1170. The summed E-state index contributed by atoms with van der Waals surface area (Å²) in [5.74, 6) is -0.0769. The lowest BCUT2D eigenvalue weighted by Gasteiger charge is -2.31. The van der Waals surface area contributed by atoms with Crippen LogP contribution in [0.15, 0.2) is 42.5 Å². The minimum atomic E-state index is -3.59. The maximum Gasteiger partial charge on any atom is 0.242 e. The molecule has 0 aliphatic rings. The molecule has 2 amide bonds. The zero-order chi connectivity index (χ0) is 27.8. The van der Waals surface area contributed by atoms with Gasteiger partial charge in [-0.3, -0.25) is 13.9 Å². The second-order valence-electron chi connectivity index (χ2n) is 9.89. The normalized spacial score (nSPS) is 12.3. The summed E-state index contributed by atoms with van der Waals surface area (Å²) >= 11 is 6.23. The van der Waals surface area contributed by atoms with E-state index in [1.54, 1.807) is 30.0 Å². The van der Waals surface area contributed by atoms with Crippen LogP contribution in [0, 0.1) is 19.8 Å². The molecule has 0 saturated heterocycles. The van der Waals surface area contributed by atoms with Crippen molar-refractivity contribution in [1.29, 1.82) is 0 Å². The molecule has 0 aromatic heterocycles. The van der Waals surface area contributed by atoms with Crippen molar-refractivity contribution >= 4 is 39.1 Å². The molecule has 0 aliphatic heterocycles. The molecular formula is C28H40ClN3O4S. The number of aryl methyl sites for hydroxylation is 1. The number of benzene rings is 2. The Balaban J connectivity index is 2.24. The second-order valence-corrected chi connectivity index (χ2v) is 12.2. The number of rotatable bonds is 13. The first-order valence-corrected chi connectivity index (χ1v) is 14.9. The van der Waals surface area contributed by atoms with Crippen LogP contribution >= 0.6 is 11.6 Å². The highest BCUT2D eigenvalue weighted by molar-refractivity contribution is 7.92. The van der Waals surface area contributed by atoms with E-state index >= 15 is 0 Å². The highest BCUT2D eigenvalue weighted by atomic mass is 35.5. The summed E-state index contributed by atoms with van der Waals surface area (Å²) in [6, 6.07) is 12.4. The van der Waals surface area contributed by atoms with Crippen molar-refractivity contribution in [2.75, 3.05) is 23.7 Å². The summed E-state index contributed by atoms with van der Waals surface area (Å²) in [7, 11) is -3.59. The summed E-state index contributed by atoms with van der Waals surface area (Å²) in [6.07, 6.45) is 2.02. The molecular weight excluding hydrogens is 510 g/mol. The quantitative estimate of drug-likeness (QED) is 0.377. The second kappa shape index (κ2) is 13.8. The van der Waals surface area contributed by atoms with E-state index in [9.17, 15) is 18.0 Å². The molecule has 9 heteroatoms. The van der Waals surface area contributed by atoms with Crippen molar-refractivity contribution in [2.45, 2.75) is 66.5 Å². The standard InChI is InChI=1S/C28H40ClN3O4S/c1-7-25(28(34)30-18-20(2)3)31(19-23-15-13-21(4)14-16-23)27(33)12-9-17-32(37(6,35)36)26-11-8-10-24(29)22(26)5/h8,10-11,13-16,20,25H,7,9,12,17-19H2,1-6H3,(H,30,34)/t25-/m0/s1. The molecule has 2 aromatic rings. The van der Waals surface area contributed by atoms with E-state index < -0.39 is 16.1 Å². The monoisotopic (exact) mass is 549 g/mol. The van der Waals surface area contributed by atoms with Crippen LogP contribution in [0.1, 0.15) is 56.7 Å². The number of hydrogen-bond acceptors (Lipinski definition) is 4. The number of halogens is 1. The minimum absolute atomic E-state index is 0.103. The van der Waals surface area contributed by atoms with Gasteiger partial charge in [0.2, 0.25) is 21.8 Å². The van der Waals surface area contributed by atoms with Gasteiger partial charge in [-0.15, -0.1) is 0 Å². The van der Waals surface area contributed by atoms with Crippen molar-refractivity contribution in [3.63, 3.8) is 0 Å². The van der Waals surface area contributed by atoms with Gasteiger partial charge in [0.15, 0.2) is 0 Å². The van der Waals surface area contributed by atoms with E-state index in [4.69, 9.17) is 11.6 Å². The highest BCUT2D eigenvalue weighted by Gasteiger charge is 2.29. The van der Waals surface area contributed by atoms with Gasteiger partial charge in [0.05, 0.1) is 11.9 Å². The summed E-state index contributed by atoms with van der Waals surface area (Å²) in [4.78, 5) is 28.2. The summed E-state index contributed by atoms with van der Waals surface area (Å²) in [5, 5.41) is 3.43. The van der Waals surface area contributed by atoms with E-state index in [-0.39, 0.29) is 24.8 Å². The average molecular weight is 550 g/mol. The number of carbonyl (C=O) groups is 2. The van der Waals surface area contributed by atoms with Crippen LogP contribution in [0.3, 0.4) is 0 Å². The van der Waals surface area contributed by atoms with Crippen LogP contribution in [-0.4, -0.2) is 50.5 Å². The predicted molar refractivity (Wildman–Crippen MR) is 151 cm³/mol. The lowest BCUT2D eigenvalue weighted by Crippen LogP contribution is -2.49. The zero-order valence-electron chi connectivity index (χ0n) is 22.8. The summed E-state index contributed by atoms with van der Waals surface area (Å²) in [6.45, 7) is 10.7. The Labute approximate surface area is 227 Å². The van der Waals surface area contributed by atoms with Crippen LogP contribution in [0.25, 0.3) is 0 Å². The van der Waals surface area contributed by atoms with Gasteiger partial charge in [0.25, 0.3) is 0 Å². The first-order valence-electron chi connectivity index (χ1n) is 12.7. The Morgan fingerprint density at radius 1 is 1.05 bits per heavy atom. The third kappa shape index (κ3) is 9.04. The predicted octanol–water partition coefficient (Wildman–Crippen LogP) is 5.08. The Morgan fingerprint density at radius 2 is 1.70 bits per heavy atom. The van der Waals surface area contributed by atoms with Crippen LogP contribution in [0.4, 0.5) is 5.69 Å². The van der Waals surface area contributed by atoms with Crippen LogP contribution < -0.4 is 9.62 Å². The number of hydrogen-bond donors (Lipinski definition) is 1. The number of sulfonamides is 1. The molecule has 2 aromatic carbocycles. The molecule has 37 heavy (non-hydrogen) atoms. The zero-order valence-corrected chi connectivity index (χ0v) is 24.3. The first kappa shape index (κ1) is 30.6. The minimum Gasteiger partial charge on any atom is -0.354 e. The molecule has 1 N–H and O–H groups in total. The molecule has 0 aliphatic carbocycles. The lowest BCUT2D eigenvalue weighted by molar-refractivity contribution is -0.141. The fourth-order valence-electron chi connectivity index (χ4n) is 4.08. The maximum absolute atomic E-state index is 13.5. The number of carbonyl (C=O) groups excluding carboxylic acids is 2. The van der Waals surface area contributed by atoms with Crippen LogP contribution in [0.2, 0.25) is 5.02 Å². The molecule has 0 saturated carbocycles. The Kier molecular flexibility index (Phi) is 11.4. The molecule has 2 rings (SSSR count). The number of amides is 2. The molecule has 0 fully saturated rings. The molecule has 0 radical (unpaired) electrons. The van der Waals surface area contributed by atoms with Gasteiger partial charge in [-0.2, -0.15) is 0 Å². The summed E-state index contributed by atoms with van der Waals surface area (Å²) < 4.78 is 26.4. The average Bonchev–Trinajstić information content (AvgIpc) is 2.82. The van der Waals surface area contributed by atoms with Crippen molar-refractivity contribution in [3.05, 3.63) is 64.2 Å². The molecule has 0 bridgehead atoms. The van der Waals surface area contributed by atoms with Crippen LogP contribution in [-0.2, 0) is 26.2 Å². The topological polar surface area (TPSA) is 86.8 Å². The van der Waals surface area contributed by atoms with Gasteiger partial charge in [0.1, 0.15) is 6.04 Å². The van der Waals surface area contributed by atoms with Gasteiger partial charge in [0, 0.05) is 31.1 Å². The Hall–Kier alpha value is -2.58. The molecule has 0 unspecified atom stereocenters. The first-order chi connectivity index (χ1) is 17.3. The fraction of sp³-hybridized carbons (Fsp3) is 0.500. The lowest BCUT2D eigenvalue weighted by atomic mass is 10.1. The van der Waals surface area contributed by atoms with Gasteiger partial charge in [-0.25, -0.2) is 8.42 Å². The third-order valence-corrected chi connectivity index (χ3v) is 7.79. The van der Waals surface area contributed by atoms with E-state index in [2.05, 4.69) is 5.32 Å². The molecule has 0 heterocycles. The van der Waals surface area contributed by atoms with Crippen molar-refractivity contribution in [3.8, 4) is 0 Å². The molecule has 0 spiro atoms. The van der Waals surface area contributed by atoms with E-state index in [1.165, 1.54) is 4.31 Å². The van der Waals surface area contributed by atoms with Crippen molar-refractivity contribution in [2.24, 2.45) is 5.92 Å². The van der Waals surface area contributed by atoms with Gasteiger partial charge in [-0.05, 0) is 55.9 Å². The maximum atomic E-state index is 13.5. The van der Waals surface area contributed by atoms with Gasteiger partial charge in [-0.1, -0.05) is 68.3 Å². The number of nitrogens with one attached hydrogen (secondary N) is 1. The largest absolute Gasteiger partial charge is 0.354 e. The SMILES string of the molecule is CC[C@@H](C(=O)NCC(C)C)N(Cc1ccc(C)cc1)C(=O)CCCN(c1cccc(Cl)c1C)S(C)(=O)=O. The summed E-state index contributed by atoms with van der Waals surface area (Å²) in [5.41, 5.74) is 3.20. The van der Waals surface area contributed by atoms with Crippen LogP contribution in [0.5, 0.6) is 0 Å². The highest BCUT2D eigenvalue weighted by Crippen LogP contribution is 2.28. The van der Waals surface area contributed by atoms with Crippen molar-refractivity contribution < 1.29 is 18.0 Å². The smallest absolute Gasteiger partial charge is 0.242 e. The Morgan fingerprint density at radius 3 is 2.27 bits per heavy atom. The van der Waals surface area contributed by atoms with E-state index in [0.717, 1.165) is 17.4 Å². The fourth-order valence-corrected chi connectivity index (χ4v) is 5.27. The molecule has 204 valence electrons. The van der Waals surface area contributed by atoms with E-state index in [1.807, 2.05) is 52.0 Å². The van der Waals surface area contributed by atoms with Gasteiger partial charge >= 0.3 is 0 Å². The van der Waals surface area contributed by atoms with Crippen molar-refractivity contribution in [1.82, 2.24) is 10.2 Å². The number of anilines is 1. The van der Waals surface area contributed by atoms with E-state index in [0.29, 0.717) is 48.1 Å².